The van der Waals surface area contributed by atoms with Crippen molar-refractivity contribution in [3.63, 3.8) is 0 Å². The molecule has 27 heavy (non-hydrogen) atoms. The van der Waals surface area contributed by atoms with Gasteiger partial charge in [0.25, 0.3) is 0 Å². The Kier molecular flexibility index (Phi) is 4.70. The second-order valence-electron chi connectivity index (χ2n) is 6.39. The van der Waals surface area contributed by atoms with Crippen LogP contribution in [0.25, 0.3) is 10.9 Å². The predicted molar refractivity (Wildman–Crippen MR) is 107 cm³/mol. The Morgan fingerprint density at radius 3 is 2.81 bits per heavy atom. The maximum Gasteiger partial charge on any atom is 0.229 e. The molecule has 0 aliphatic heterocycles. The summed E-state index contributed by atoms with van der Waals surface area (Å²) < 4.78 is 13.3. The number of halogens is 1. The Balaban J connectivity index is 1.43. The fourth-order valence-corrected chi connectivity index (χ4v) is 3.07. The molecule has 0 fully saturated rings. The number of H-pyrrole nitrogens is 1. The lowest BCUT2D eigenvalue weighted by molar-refractivity contribution is 0.628. The SMILES string of the molecule is Cc1cc(NCCc2c[nH]c3ccccc23)nc(Nc2cccc(F)c2)n1. The minimum atomic E-state index is -0.301. The molecule has 2 aromatic carbocycles. The molecule has 0 radical (unpaired) electrons. The summed E-state index contributed by atoms with van der Waals surface area (Å²) in [6, 6.07) is 16.4. The van der Waals surface area contributed by atoms with E-state index in [2.05, 4.69) is 43.9 Å². The van der Waals surface area contributed by atoms with Crippen LogP contribution in [0.4, 0.5) is 21.8 Å². The summed E-state index contributed by atoms with van der Waals surface area (Å²) in [6.07, 6.45) is 2.92. The topological polar surface area (TPSA) is 65.6 Å². The van der Waals surface area contributed by atoms with E-state index in [1.807, 2.05) is 25.1 Å². The van der Waals surface area contributed by atoms with Crippen molar-refractivity contribution in [3.05, 3.63) is 77.9 Å². The van der Waals surface area contributed by atoms with Crippen molar-refractivity contribution >= 4 is 28.4 Å². The van der Waals surface area contributed by atoms with Crippen molar-refractivity contribution < 1.29 is 4.39 Å². The van der Waals surface area contributed by atoms with Gasteiger partial charge in [0, 0.05) is 41.1 Å². The molecular formula is C21H20FN5. The van der Waals surface area contributed by atoms with Crippen LogP contribution in [0.3, 0.4) is 0 Å². The van der Waals surface area contributed by atoms with E-state index in [1.165, 1.54) is 23.1 Å². The van der Waals surface area contributed by atoms with Crippen molar-refractivity contribution in [2.75, 3.05) is 17.2 Å². The first kappa shape index (κ1) is 17.0. The van der Waals surface area contributed by atoms with Crippen LogP contribution >= 0.6 is 0 Å². The highest BCUT2D eigenvalue weighted by atomic mass is 19.1. The van der Waals surface area contributed by atoms with Gasteiger partial charge in [-0.1, -0.05) is 24.3 Å². The van der Waals surface area contributed by atoms with E-state index < -0.39 is 0 Å². The number of rotatable bonds is 6. The number of nitrogens with zero attached hydrogens (tertiary/aromatic N) is 2. The summed E-state index contributed by atoms with van der Waals surface area (Å²) in [5, 5.41) is 7.64. The number of anilines is 3. The monoisotopic (exact) mass is 361 g/mol. The first-order chi connectivity index (χ1) is 13.2. The molecule has 6 heteroatoms. The molecule has 0 amide bonds. The molecule has 0 saturated carbocycles. The van der Waals surface area contributed by atoms with Crippen molar-refractivity contribution in [1.82, 2.24) is 15.0 Å². The minimum Gasteiger partial charge on any atom is -0.370 e. The normalized spacial score (nSPS) is 10.9. The first-order valence-corrected chi connectivity index (χ1v) is 8.84. The average Bonchev–Trinajstić information content (AvgIpc) is 3.05. The lowest BCUT2D eigenvalue weighted by Crippen LogP contribution is -2.08. The quantitative estimate of drug-likeness (QED) is 0.461. The molecule has 0 aliphatic rings. The van der Waals surface area contributed by atoms with Crippen LogP contribution in [0, 0.1) is 12.7 Å². The number of aromatic amines is 1. The zero-order valence-corrected chi connectivity index (χ0v) is 15.0. The van der Waals surface area contributed by atoms with Crippen molar-refractivity contribution in [1.29, 1.82) is 0 Å². The minimum absolute atomic E-state index is 0.301. The number of hydrogen-bond donors (Lipinski definition) is 3. The zero-order valence-electron chi connectivity index (χ0n) is 15.0. The first-order valence-electron chi connectivity index (χ1n) is 8.84. The summed E-state index contributed by atoms with van der Waals surface area (Å²) >= 11 is 0. The van der Waals surface area contributed by atoms with Gasteiger partial charge in [0.2, 0.25) is 5.95 Å². The second-order valence-corrected chi connectivity index (χ2v) is 6.39. The third kappa shape index (κ3) is 4.06. The lowest BCUT2D eigenvalue weighted by atomic mass is 10.1. The van der Waals surface area contributed by atoms with E-state index in [4.69, 9.17) is 0 Å². The Bertz CT molecular complexity index is 1070. The molecule has 0 spiro atoms. The number of nitrogens with one attached hydrogen (secondary N) is 3. The molecule has 0 unspecified atom stereocenters. The Hall–Kier alpha value is -3.41. The zero-order chi connectivity index (χ0) is 18.6. The molecule has 0 saturated heterocycles. The smallest absolute Gasteiger partial charge is 0.229 e. The van der Waals surface area contributed by atoms with Gasteiger partial charge < -0.3 is 15.6 Å². The van der Waals surface area contributed by atoms with Crippen LogP contribution in [-0.4, -0.2) is 21.5 Å². The van der Waals surface area contributed by atoms with Crippen LogP contribution in [0.15, 0.2) is 60.8 Å². The number of aryl methyl sites for hydroxylation is 1. The van der Waals surface area contributed by atoms with E-state index in [9.17, 15) is 4.39 Å². The summed E-state index contributed by atoms with van der Waals surface area (Å²) in [4.78, 5) is 12.1. The number of fused-ring (bicyclic) bond motifs is 1. The third-order valence-electron chi connectivity index (χ3n) is 4.31. The third-order valence-corrected chi connectivity index (χ3v) is 4.31. The fourth-order valence-electron chi connectivity index (χ4n) is 3.07. The molecule has 5 nitrogen and oxygen atoms in total. The van der Waals surface area contributed by atoms with Gasteiger partial charge in [-0.3, -0.25) is 0 Å². The standard InChI is InChI=1S/C21H20FN5/c1-14-11-20(27-21(25-14)26-17-6-4-5-16(22)12-17)23-10-9-15-13-24-19-8-3-2-7-18(15)19/h2-8,11-13,24H,9-10H2,1H3,(H2,23,25,26,27). The predicted octanol–water partition coefficient (Wildman–Crippen LogP) is 4.80. The van der Waals surface area contributed by atoms with E-state index >= 15 is 0 Å². The van der Waals surface area contributed by atoms with Gasteiger partial charge in [-0.2, -0.15) is 4.98 Å². The van der Waals surface area contributed by atoms with E-state index in [0.29, 0.717) is 11.6 Å². The molecule has 0 atom stereocenters. The molecule has 2 heterocycles. The van der Waals surface area contributed by atoms with Gasteiger partial charge in [-0.05, 0) is 43.2 Å². The van der Waals surface area contributed by atoms with Gasteiger partial charge in [-0.15, -0.1) is 0 Å². The summed E-state index contributed by atoms with van der Waals surface area (Å²) in [6.45, 7) is 2.65. The molecule has 0 aliphatic carbocycles. The molecule has 0 bridgehead atoms. The fraction of sp³-hybridized carbons (Fsp3) is 0.143. The summed E-state index contributed by atoms with van der Waals surface area (Å²) in [5.41, 5.74) is 3.86. The summed E-state index contributed by atoms with van der Waals surface area (Å²) in [7, 11) is 0. The second kappa shape index (κ2) is 7.45. The van der Waals surface area contributed by atoms with Gasteiger partial charge >= 0.3 is 0 Å². The molecule has 4 aromatic rings. The Morgan fingerprint density at radius 2 is 1.93 bits per heavy atom. The van der Waals surface area contributed by atoms with Crippen LogP contribution < -0.4 is 10.6 Å². The molecular weight excluding hydrogens is 341 g/mol. The number of benzene rings is 2. The maximum absolute atomic E-state index is 13.3. The lowest BCUT2D eigenvalue weighted by Gasteiger charge is -2.10. The van der Waals surface area contributed by atoms with Gasteiger partial charge in [0.05, 0.1) is 0 Å². The van der Waals surface area contributed by atoms with Crippen LogP contribution in [0.5, 0.6) is 0 Å². The highest BCUT2D eigenvalue weighted by Gasteiger charge is 2.05. The van der Waals surface area contributed by atoms with Gasteiger partial charge in [-0.25, -0.2) is 9.37 Å². The van der Waals surface area contributed by atoms with Crippen molar-refractivity contribution in [3.8, 4) is 0 Å². The average molecular weight is 361 g/mol. The Labute approximate surface area is 156 Å². The summed E-state index contributed by atoms with van der Waals surface area (Å²) in [5.74, 6) is 0.876. The molecule has 2 aromatic heterocycles. The Morgan fingerprint density at radius 1 is 1.04 bits per heavy atom. The molecule has 4 rings (SSSR count). The van der Waals surface area contributed by atoms with Crippen LogP contribution in [-0.2, 0) is 6.42 Å². The number of para-hydroxylation sites is 1. The molecule has 136 valence electrons. The van der Waals surface area contributed by atoms with Gasteiger partial charge in [0.15, 0.2) is 0 Å². The highest BCUT2D eigenvalue weighted by molar-refractivity contribution is 5.83. The molecule has 3 N–H and O–H groups in total. The van der Waals surface area contributed by atoms with E-state index in [1.54, 1.807) is 12.1 Å². The van der Waals surface area contributed by atoms with Crippen LogP contribution in [0.2, 0.25) is 0 Å². The number of aromatic nitrogens is 3. The number of hydrogen-bond acceptors (Lipinski definition) is 4. The van der Waals surface area contributed by atoms with E-state index in [-0.39, 0.29) is 5.82 Å². The van der Waals surface area contributed by atoms with Crippen molar-refractivity contribution in [2.24, 2.45) is 0 Å². The maximum atomic E-state index is 13.3. The van der Waals surface area contributed by atoms with Crippen molar-refractivity contribution in [2.45, 2.75) is 13.3 Å². The van der Waals surface area contributed by atoms with Gasteiger partial charge in [0.1, 0.15) is 11.6 Å². The van der Waals surface area contributed by atoms with Crippen LogP contribution in [0.1, 0.15) is 11.3 Å². The highest BCUT2D eigenvalue weighted by Crippen LogP contribution is 2.19. The largest absolute Gasteiger partial charge is 0.370 e. The van der Waals surface area contributed by atoms with E-state index in [0.717, 1.165) is 30.0 Å².